The zero-order chi connectivity index (χ0) is 15.0. The maximum Gasteiger partial charge on any atom is 0.227 e. The number of amides is 1. The van der Waals surface area contributed by atoms with Crippen LogP contribution in [0.3, 0.4) is 0 Å². The topological polar surface area (TPSA) is 71.5 Å². The van der Waals surface area contributed by atoms with Gasteiger partial charge in [0.05, 0.1) is 17.4 Å². The Balaban J connectivity index is 1.72. The quantitative estimate of drug-likeness (QED) is 0.767. The lowest BCUT2D eigenvalue weighted by atomic mass is 9.81. The summed E-state index contributed by atoms with van der Waals surface area (Å²) in [6, 6.07) is 0.0219. The number of rotatable bonds is 2. The largest absolute Gasteiger partial charge is 0.339 e. The molecule has 1 aliphatic carbocycles. The van der Waals surface area contributed by atoms with Crippen molar-refractivity contribution in [1.29, 1.82) is 0 Å². The van der Waals surface area contributed by atoms with Crippen LogP contribution < -0.4 is 0 Å². The number of carbonyl (C=O) groups is 2. The first-order valence-electron chi connectivity index (χ1n) is 8.01. The Labute approximate surface area is 126 Å². The molecule has 0 spiro atoms. The fourth-order valence-electron chi connectivity index (χ4n) is 4.13. The first-order valence-corrected chi connectivity index (χ1v) is 9.84. The zero-order valence-corrected chi connectivity index (χ0v) is 13.1. The van der Waals surface area contributed by atoms with Crippen molar-refractivity contribution in [3.05, 3.63) is 0 Å². The summed E-state index contributed by atoms with van der Waals surface area (Å²) in [6.45, 7) is 0.684. The molecule has 2 saturated heterocycles. The van der Waals surface area contributed by atoms with E-state index in [4.69, 9.17) is 0 Å². The van der Waals surface area contributed by atoms with Crippen LogP contribution >= 0.6 is 0 Å². The maximum atomic E-state index is 12.6. The van der Waals surface area contributed by atoms with Gasteiger partial charge in [-0.3, -0.25) is 9.59 Å². The van der Waals surface area contributed by atoms with Gasteiger partial charge in [-0.15, -0.1) is 0 Å². The van der Waals surface area contributed by atoms with Crippen LogP contribution in [-0.2, 0) is 19.4 Å². The van der Waals surface area contributed by atoms with Crippen molar-refractivity contribution in [3.63, 3.8) is 0 Å². The van der Waals surface area contributed by atoms with Crippen LogP contribution in [0.15, 0.2) is 0 Å². The third-order valence-corrected chi connectivity index (χ3v) is 7.00. The molecule has 0 radical (unpaired) electrons. The predicted molar refractivity (Wildman–Crippen MR) is 78.5 cm³/mol. The maximum absolute atomic E-state index is 12.6. The molecule has 0 aromatic rings. The molecular formula is C15H23NO4S. The van der Waals surface area contributed by atoms with Crippen molar-refractivity contribution in [3.8, 4) is 0 Å². The second-order valence-corrected chi connectivity index (χ2v) is 8.89. The lowest BCUT2D eigenvalue weighted by Crippen LogP contribution is -2.46. The molecule has 3 atom stereocenters. The Hall–Kier alpha value is -0.910. The predicted octanol–water partition coefficient (Wildman–Crippen LogP) is 1.17. The van der Waals surface area contributed by atoms with Crippen molar-refractivity contribution >= 4 is 21.5 Å². The van der Waals surface area contributed by atoms with Crippen LogP contribution in [0, 0.1) is 11.8 Å². The molecule has 0 bridgehead atoms. The fraction of sp³-hybridized carbons (Fsp3) is 0.867. The summed E-state index contributed by atoms with van der Waals surface area (Å²) in [6.07, 6.45) is 5.82. The van der Waals surface area contributed by atoms with Gasteiger partial charge in [0.1, 0.15) is 5.78 Å². The highest BCUT2D eigenvalue weighted by Gasteiger charge is 2.43. The molecule has 2 aliphatic heterocycles. The molecule has 0 aromatic carbocycles. The summed E-state index contributed by atoms with van der Waals surface area (Å²) in [5.74, 6) is -0.00256. The highest BCUT2D eigenvalue weighted by Crippen LogP contribution is 2.34. The second-order valence-electron chi connectivity index (χ2n) is 6.66. The van der Waals surface area contributed by atoms with E-state index in [9.17, 15) is 18.0 Å². The minimum absolute atomic E-state index is 0.00628. The third kappa shape index (κ3) is 3.00. The van der Waals surface area contributed by atoms with Crippen LogP contribution in [0.4, 0.5) is 0 Å². The van der Waals surface area contributed by atoms with Crippen LogP contribution in [0.2, 0.25) is 0 Å². The van der Waals surface area contributed by atoms with E-state index in [-0.39, 0.29) is 35.3 Å². The number of nitrogens with zero attached hydrogens (tertiary/aromatic N) is 1. The number of likely N-dealkylation sites (tertiary alicyclic amines) is 1. The molecule has 0 aromatic heterocycles. The summed E-state index contributed by atoms with van der Waals surface area (Å²) < 4.78 is 23.1. The Bertz CT molecular complexity index is 542. The van der Waals surface area contributed by atoms with E-state index in [2.05, 4.69) is 0 Å². The molecular weight excluding hydrogens is 290 g/mol. The first kappa shape index (κ1) is 15.0. The van der Waals surface area contributed by atoms with E-state index in [0.29, 0.717) is 25.2 Å². The van der Waals surface area contributed by atoms with E-state index in [1.54, 1.807) is 0 Å². The van der Waals surface area contributed by atoms with E-state index in [1.807, 2.05) is 4.90 Å². The highest BCUT2D eigenvalue weighted by molar-refractivity contribution is 7.91. The lowest BCUT2D eigenvalue weighted by Gasteiger charge is -2.34. The summed E-state index contributed by atoms with van der Waals surface area (Å²) in [5.41, 5.74) is 0. The smallest absolute Gasteiger partial charge is 0.227 e. The Morgan fingerprint density at radius 1 is 1.10 bits per heavy atom. The van der Waals surface area contributed by atoms with Crippen molar-refractivity contribution in [2.24, 2.45) is 11.8 Å². The van der Waals surface area contributed by atoms with Gasteiger partial charge in [-0.2, -0.15) is 0 Å². The molecule has 6 heteroatoms. The zero-order valence-electron chi connectivity index (χ0n) is 12.3. The minimum Gasteiger partial charge on any atom is -0.339 e. The number of hydrogen-bond donors (Lipinski definition) is 0. The Kier molecular flexibility index (Phi) is 4.08. The highest BCUT2D eigenvalue weighted by atomic mass is 32.2. The van der Waals surface area contributed by atoms with Gasteiger partial charge < -0.3 is 4.90 Å². The van der Waals surface area contributed by atoms with E-state index in [1.165, 1.54) is 0 Å². The van der Waals surface area contributed by atoms with Gasteiger partial charge in [-0.1, -0.05) is 6.42 Å². The molecule has 1 saturated carbocycles. The monoisotopic (exact) mass is 313 g/mol. The van der Waals surface area contributed by atoms with Gasteiger partial charge in [-0.05, 0) is 32.1 Å². The van der Waals surface area contributed by atoms with E-state index >= 15 is 0 Å². The normalized spacial score (nSPS) is 36.1. The summed E-state index contributed by atoms with van der Waals surface area (Å²) in [5, 5.41) is 0. The Morgan fingerprint density at radius 2 is 1.90 bits per heavy atom. The van der Waals surface area contributed by atoms with Gasteiger partial charge in [0.25, 0.3) is 0 Å². The molecule has 118 valence electrons. The van der Waals surface area contributed by atoms with Crippen molar-refractivity contribution in [2.75, 3.05) is 18.1 Å². The molecule has 3 rings (SSSR count). The molecule has 3 aliphatic rings. The SMILES string of the molecule is O=C1CCCCC1C1CCCN1C(=O)C1CCS(=O)(=O)C1. The van der Waals surface area contributed by atoms with Crippen LogP contribution in [0.5, 0.6) is 0 Å². The van der Waals surface area contributed by atoms with Crippen LogP contribution in [-0.4, -0.2) is 49.1 Å². The lowest BCUT2D eigenvalue weighted by molar-refractivity contribution is -0.138. The number of Topliss-reactive ketones (excluding diaryl/α,β-unsaturated/α-hetero) is 1. The van der Waals surface area contributed by atoms with Crippen molar-refractivity contribution < 1.29 is 18.0 Å². The molecule has 3 unspecified atom stereocenters. The van der Waals surface area contributed by atoms with Crippen LogP contribution in [0.25, 0.3) is 0 Å². The molecule has 3 fully saturated rings. The third-order valence-electron chi connectivity index (χ3n) is 5.23. The molecule has 5 nitrogen and oxygen atoms in total. The summed E-state index contributed by atoms with van der Waals surface area (Å²) >= 11 is 0. The van der Waals surface area contributed by atoms with E-state index < -0.39 is 9.84 Å². The number of sulfone groups is 1. The molecule has 0 N–H and O–H groups in total. The average molecular weight is 313 g/mol. The van der Waals surface area contributed by atoms with E-state index in [0.717, 1.165) is 32.1 Å². The molecule has 21 heavy (non-hydrogen) atoms. The summed E-state index contributed by atoms with van der Waals surface area (Å²) in [7, 11) is -3.04. The van der Waals surface area contributed by atoms with Crippen molar-refractivity contribution in [2.45, 2.75) is 51.0 Å². The van der Waals surface area contributed by atoms with Gasteiger partial charge in [0, 0.05) is 24.9 Å². The first-order chi connectivity index (χ1) is 9.98. The van der Waals surface area contributed by atoms with Gasteiger partial charge >= 0.3 is 0 Å². The van der Waals surface area contributed by atoms with Crippen LogP contribution in [0.1, 0.15) is 44.9 Å². The minimum atomic E-state index is -3.04. The standard InChI is InChI=1S/C15H23NO4S/c17-14-6-2-1-4-12(14)13-5-3-8-16(13)15(18)11-7-9-21(19,20)10-11/h11-13H,1-10H2. The molecule has 1 amide bonds. The fourth-order valence-corrected chi connectivity index (χ4v) is 5.86. The number of hydrogen-bond acceptors (Lipinski definition) is 4. The second kappa shape index (κ2) is 5.71. The Morgan fingerprint density at radius 3 is 2.57 bits per heavy atom. The van der Waals surface area contributed by atoms with Gasteiger partial charge in [-0.25, -0.2) is 8.42 Å². The number of ketones is 1. The summed E-state index contributed by atoms with van der Waals surface area (Å²) in [4.78, 5) is 26.6. The van der Waals surface area contributed by atoms with Gasteiger partial charge in [0.15, 0.2) is 9.84 Å². The van der Waals surface area contributed by atoms with Crippen molar-refractivity contribution in [1.82, 2.24) is 4.90 Å². The number of carbonyl (C=O) groups excluding carboxylic acids is 2. The van der Waals surface area contributed by atoms with Gasteiger partial charge in [0.2, 0.25) is 5.91 Å². The average Bonchev–Trinajstić information content (AvgIpc) is 3.05. The molecule has 2 heterocycles.